The lowest BCUT2D eigenvalue weighted by atomic mass is 9.67. The zero-order chi connectivity index (χ0) is 6.48. The Morgan fingerprint density at radius 1 is 1.56 bits per heavy atom. The lowest BCUT2D eigenvalue weighted by Gasteiger charge is -2.42. The van der Waals surface area contributed by atoms with Gasteiger partial charge in [0.1, 0.15) is 0 Å². The Balaban J connectivity index is 2.15. The molecule has 3 aliphatic carbocycles. The predicted molar refractivity (Wildman–Crippen MR) is 32.9 cm³/mol. The molecule has 0 aromatic heterocycles. The number of aliphatic hydroxyl groups is 2. The van der Waals surface area contributed by atoms with Crippen LogP contribution in [0, 0.1) is 11.3 Å². The van der Waals surface area contributed by atoms with Gasteiger partial charge in [-0.2, -0.15) is 0 Å². The van der Waals surface area contributed by atoms with Crippen LogP contribution in [0.25, 0.3) is 0 Å². The molecule has 0 amide bonds. The van der Waals surface area contributed by atoms with Gasteiger partial charge in [0.25, 0.3) is 0 Å². The fraction of sp³-hybridized carbons (Fsp3) is 1.00. The summed E-state index contributed by atoms with van der Waals surface area (Å²) in [5.74, 6) is 0.525. The summed E-state index contributed by atoms with van der Waals surface area (Å²) in [6.07, 6.45) is 3.05. The molecule has 2 N–H and O–H groups in total. The summed E-state index contributed by atoms with van der Waals surface area (Å²) in [4.78, 5) is 0. The van der Waals surface area contributed by atoms with Gasteiger partial charge in [-0.05, 0) is 25.2 Å². The third kappa shape index (κ3) is 0.485. The lowest BCUT2D eigenvalue weighted by Crippen LogP contribution is -2.47. The van der Waals surface area contributed by atoms with Gasteiger partial charge in [-0.1, -0.05) is 0 Å². The fourth-order valence-electron chi connectivity index (χ4n) is 2.31. The lowest BCUT2D eigenvalue weighted by molar-refractivity contribution is -0.0952. The van der Waals surface area contributed by atoms with E-state index in [0.717, 1.165) is 19.3 Å². The van der Waals surface area contributed by atoms with Crippen molar-refractivity contribution in [2.24, 2.45) is 11.3 Å². The van der Waals surface area contributed by atoms with E-state index in [2.05, 4.69) is 0 Å². The van der Waals surface area contributed by atoms with Gasteiger partial charge in [0.05, 0.1) is 12.7 Å². The van der Waals surface area contributed by atoms with E-state index in [1.165, 1.54) is 0 Å². The Morgan fingerprint density at radius 2 is 2.33 bits per heavy atom. The first kappa shape index (κ1) is 5.69. The van der Waals surface area contributed by atoms with Gasteiger partial charge < -0.3 is 10.2 Å². The van der Waals surface area contributed by atoms with E-state index < -0.39 is 0 Å². The molecule has 3 saturated carbocycles. The molecule has 2 nitrogen and oxygen atoms in total. The maximum atomic E-state index is 9.34. The van der Waals surface area contributed by atoms with E-state index in [4.69, 9.17) is 5.11 Å². The maximum Gasteiger partial charge on any atom is 0.0646 e. The van der Waals surface area contributed by atoms with Crippen molar-refractivity contribution in [1.82, 2.24) is 0 Å². The van der Waals surface area contributed by atoms with Crippen LogP contribution in [0.2, 0.25) is 0 Å². The van der Waals surface area contributed by atoms with Crippen LogP contribution in [0.1, 0.15) is 19.3 Å². The zero-order valence-corrected chi connectivity index (χ0v) is 5.38. The Morgan fingerprint density at radius 3 is 2.56 bits per heavy atom. The zero-order valence-electron chi connectivity index (χ0n) is 5.38. The second-order valence-corrected chi connectivity index (χ2v) is 3.47. The van der Waals surface area contributed by atoms with Gasteiger partial charge in [0, 0.05) is 5.41 Å². The summed E-state index contributed by atoms with van der Waals surface area (Å²) in [6, 6.07) is 0. The van der Waals surface area contributed by atoms with Crippen molar-refractivity contribution in [3.63, 3.8) is 0 Å². The van der Waals surface area contributed by atoms with Crippen molar-refractivity contribution < 1.29 is 10.2 Å². The van der Waals surface area contributed by atoms with Gasteiger partial charge in [0.15, 0.2) is 0 Å². The Labute approximate surface area is 54.5 Å². The van der Waals surface area contributed by atoms with Crippen molar-refractivity contribution >= 4 is 0 Å². The fourth-order valence-corrected chi connectivity index (χ4v) is 2.31. The second-order valence-electron chi connectivity index (χ2n) is 3.47. The molecule has 3 aliphatic rings. The van der Waals surface area contributed by atoms with E-state index in [1.807, 2.05) is 0 Å². The van der Waals surface area contributed by atoms with Crippen molar-refractivity contribution in [2.45, 2.75) is 25.4 Å². The molecule has 0 spiro atoms. The van der Waals surface area contributed by atoms with Gasteiger partial charge in [-0.25, -0.2) is 0 Å². The minimum atomic E-state index is -0.178. The minimum absolute atomic E-state index is 0.0509. The number of aliphatic hydroxyl groups excluding tert-OH is 2. The number of hydrogen-bond acceptors (Lipinski definition) is 2. The van der Waals surface area contributed by atoms with Crippen molar-refractivity contribution in [2.75, 3.05) is 6.61 Å². The molecule has 3 rings (SSSR count). The average molecular weight is 128 g/mol. The summed E-state index contributed by atoms with van der Waals surface area (Å²) in [5, 5.41) is 18.2. The smallest absolute Gasteiger partial charge is 0.0646 e. The van der Waals surface area contributed by atoms with E-state index in [1.54, 1.807) is 0 Å². The summed E-state index contributed by atoms with van der Waals surface area (Å²) in [6.45, 7) is 0.185. The molecular formula is C7H12O2. The quantitative estimate of drug-likeness (QED) is 0.527. The molecule has 3 atom stereocenters. The van der Waals surface area contributed by atoms with Crippen LogP contribution in [0.15, 0.2) is 0 Å². The number of hydrogen-bond donors (Lipinski definition) is 2. The molecule has 52 valence electrons. The van der Waals surface area contributed by atoms with E-state index in [9.17, 15) is 5.11 Å². The third-order valence-corrected chi connectivity index (χ3v) is 3.07. The van der Waals surface area contributed by atoms with Gasteiger partial charge in [0.2, 0.25) is 0 Å². The first-order valence-corrected chi connectivity index (χ1v) is 3.57. The largest absolute Gasteiger partial charge is 0.396 e. The van der Waals surface area contributed by atoms with Crippen LogP contribution in [0.4, 0.5) is 0 Å². The molecule has 1 unspecified atom stereocenters. The van der Waals surface area contributed by atoms with Crippen molar-refractivity contribution in [3.8, 4) is 0 Å². The second kappa shape index (κ2) is 1.50. The molecule has 0 aliphatic heterocycles. The van der Waals surface area contributed by atoms with Crippen molar-refractivity contribution in [1.29, 1.82) is 0 Å². The number of rotatable bonds is 1. The number of fused-ring (bicyclic) bond motifs is 1. The van der Waals surface area contributed by atoms with Crippen LogP contribution in [0.5, 0.6) is 0 Å². The molecule has 2 heteroatoms. The van der Waals surface area contributed by atoms with E-state index in [-0.39, 0.29) is 18.1 Å². The van der Waals surface area contributed by atoms with E-state index >= 15 is 0 Å². The first-order chi connectivity index (χ1) is 4.28. The molecule has 0 radical (unpaired) electrons. The average Bonchev–Trinajstić information content (AvgIpc) is 2.41. The summed E-state index contributed by atoms with van der Waals surface area (Å²) in [5.41, 5.74) is -0.0509. The first-order valence-electron chi connectivity index (χ1n) is 3.57. The Kier molecular flexibility index (Phi) is 0.945. The van der Waals surface area contributed by atoms with Crippen LogP contribution in [0.3, 0.4) is 0 Å². The molecular weight excluding hydrogens is 116 g/mol. The van der Waals surface area contributed by atoms with Crippen LogP contribution in [-0.2, 0) is 0 Å². The SMILES string of the molecule is OC[C@]12CC[C@H](C1)C2O. The molecule has 0 saturated heterocycles. The Bertz CT molecular complexity index is 131. The highest BCUT2D eigenvalue weighted by atomic mass is 16.3. The normalized spacial score (nSPS) is 55.3. The summed E-state index contributed by atoms with van der Waals surface area (Å²) in [7, 11) is 0. The summed E-state index contributed by atoms with van der Waals surface area (Å²) < 4.78 is 0. The van der Waals surface area contributed by atoms with Gasteiger partial charge in [-0.15, -0.1) is 0 Å². The molecule has 0 aromatic carbocycles. The van der Waals surface area contributed by atoms with Crippen LogP contribution in [-0.4, -0.2) is 22.9 Å². The predicted octanol–water partition coefficient (Wildman–Crippen LogP) is 0.140. The molecule has 3 fully saturated rings. The monoisotopic (exact) mass is 128 g/mol. The topological polar surface area (TPSA) is 40.5 Å². The molecule has 0 heterocycles. The highest BCUT2D eigenvalue weighted by Crippen LogP contribution is 2.58. The third-order valence-electron chi connectivity index (χ3n) is 3.07. The standard InChI is InChI=1S/C7H12O2/c8-4-7-2-1-5(3-7)6(7)9/h5-6,8-9H,1-4H2/t5-,6?,7+/m1/s1. The Hall–Kier alpha value is -0.0800. The van der Waals surface area contributed by atoms with Gasteiger partial charge >= 0.3 is 0 Å². The van der Waals surface area contributed by atoms with E-state index in [0.29, 0.717) is 5.92 Å². The molecule has 9 heavy (non-hydrogen) atoms. The molecule has 0 aromatic rings. The molecule has 2 bridgehead atoms. The minimum Gasteiger partial charge on any atom is -0.396 e. The van der Waals surface area contributed by atoms with Gasteiger partial charge in [-0.3, -0.25) is 0 Å². The highest BCUT2D eigenvalue weighted by molar-refractivity contribution is 5.07. The highest BCUT2D eigenvalue weighted by Gasteiger charge is 2.57. The maximum absolute atomic E-state index is 9.34. The van der Waals surface area contributed by atoms with Crippen LogP contribution >= 0.6 is 0 Å². The summed E-state index contributed by atoms with van der Waals surface area (Å²) >= 11 is 0. The van der Waals surface area contributed by atoms with Crippen LogP contribution < -0.4 is 0 Å². The van der Waals surface area contributed by atoms with Crippen molar-refractivity contribution in [3.05, 3.63) is 0 Å².